The molecule has 0 saturated carbocycles. The number of carbonyl (C=O) groups excluding carboxylic acids is 1. The van der Waals surface area contributed by atoms with Crippen LogP contribution in [0.1, 0.15) is 28.5 Å². The van der Waals surface area contributed by atoms with Crippen molar-refractivity contribution in [1.82, 2.24) is 4.57 Å². The summed E-state index contributed by atoms with van der Waals surface area (Å²) in [5.74, 6) is -1.83. The summed E-state index contributed by atoms with van der Waals surface area (Å²) in [6, 6.07) is 4.20. The third kappa shape index (κ3) is 3.15. The average Bonchev–Trinajstić information content (AvgIpc) is 2.80. The Balaban J connectivity index is 2.42. The predicted molar refractivity (Wildman–Crippen MR) is 78.3 cm³/mol. The molecule has 0 aliphatic heterocycles. The highest BCUT2D eigenvalue weighted by Gasteiger charge is 2.19. The first kappa shape index (κ1) is 15.7. The normalized spacial score (nSPS) is 10.7. The Morgan fingerprint density at radius 3 is 2.71 bits per heavy atom. The van der Waals surface area contributed by atoms with Crippen molar-refractivity contribution < 1.29 is 18.3 Å². The smallest absolute Gasteiger partial charge is 0.355 e. The summed E-state index contributed by atoms with van der Waals surface area (Å²) in [7, 11) is 0. The van der Waals surface area contributed by atoms with E-state index in [2.05, 4.69) is 15.9 Å². The highest BCUT2D eigenvalue weighted by atomic mass is 79.9. The van der Waals surface area contributed by atoms with Crippen LogP contribution >= 0.6 is 15.9 Å². The van der Waals surface area contributed by atoms with Crippen LogP contribution in [0.2, 0.25) is 0 Å². The molecule has 0 aliphatic carbocycles. The second-order valence-corrected chi connectivity index (χ2v) is 5.37. The molecule has 0 unspecified atom stereocenters. The number of nitrogens with zero attached hydrogens (tertiary/aromatic N) is 1. The van der Waals surface area contributed by atoms with E-state index in [-0.39, 0.29) is 23.2 Å². The number of halogens is 3. The number of aryl methyl sites for hydroxylation is 1. The molecule has 21 heavy (non-hydrogen) atoms. The van der Waals surface area contributed by atoms with Crippen molar-refractivity contribution in [3.05, 3.63) is 57.3 Å². The van der Waals surface area contributed by atoms with E-state index in [1.54, 1.807) is 26.1 Å². The van der Waals surface area contributed by atoms with Gasteiger partial charge in [0.25, 0.3) is 0 Å². The van der Waals surface area contributed by atoms with Gasteiger partial charge in [-0.2, -0.15) is 0 Å². The fourth-order valence-electron chi connectivity index (χ4n) is 2.08. The maximum absolute atomic E-state index is 14.0. The van der Waals surface area contributed by atoms with Crippen molar-refractivity contribution in [1.29, 1.82) is 0 Å². The Hall–Kier alpha value is -1.69. The van der Waals surface area contributed by atoms with Crippen molar-refractivity contribution in [2.24, 2.45) is 0 Å². The molecule has 1 aromatic heterocycles. The largest absolute Gasteiger partial charge is 0.461 e. The van der Waals surface area contributed by atoms with Crippen LogP contribution in [0.15, 0.2) is 28.9 Å². The molecule has 1 heterocycles. The van der Waals surface area contributed by atoms with E-state index in [0.717, 1.165) is 0 Å². The SMILES string of the molecule is CCOC(=O)c1c(C)ccn1Cc1c(F)ccc(Br)c1F. The van der Waals surface area contributed by atoms with Crippen LogP contribution in [0.25, 0.3) is 0 Å². The fourth-order valence-corrected chi connectivity index (χ4v) is 2.45. The molecule has 0 fully saturated rings. The number of hydrogen-bond donors (Lipinski definition) is 0. The molecule has 2 rings (SSSR count). The van der Waals surface area contributed by atoms with Gasteiger partial charge in [-0.1, -0.05) is 0 Å². The second kappa shape index (κ2) is 6.39. The number of benzene rings is 1. The Labute approximate surface area is 129 Å². The fraction of sp³-hybridized carbons (Fsp3) is 0.267. The number of aromatic nitrogens is 1. The molecule has 0 amide bonds. The lowest BCUT2D eigenvalue weighted by molar-refractivity contribution is 0.0513. The molecule has 1 aromatic carbocycles. The summed E-state index contributed by atoms with van der Waals surface area (Å²) < 4.78 is 34.5. The molecule has 0 saturated heterocycles. The molecular weight excluding hydrogens is 344 g/mol. The second-order valence-electron chi connectivity index (χ2n) is 4.52. The summed E-state index contributed by atoms with van der Waals surface area (Å²) in [6.07, 6.45) is 1.61. The van der Waals surface area contributed by atoms with Crippen LogP contribution < -0.4 is 0 Å². The summed E-state index contributed by atoms with van der Waals surface area (Å²) in [5, 5.41) is 0. The zero-order valence-corrected chi connectivity index (χ0v) is 13.2. The topological polar surface area (TPSA) is 31.2 Å². The summed E-state index contributed by atoms with van der Waals surface area (Å²) in [6.45, 7) is 3.60. The summed E-state index contributed by atoms with van der Waals surface area (Å²) >= 11 is 3.03. The van der Waals surface area contributed by atoms with Gasteiger partial charge in [0.15, 0.2) is 0 Å². The molecule has 0 N–H and O–H groups in total. The van der Waals surface area contributed by atoms with E-state index in [0.29, 0.717) is 11.3 Å². The summed E-state index contributed by atoms with van der Waals surface area (Å²) in [4.78, 5) is 11.9. The van der Waals surface area contributed by atoms with E-state index in [1.165, 1.54) is 16.7 Å². The van der Waals surface area contributed by atoms with Crippen molar-refractivity contribution in [3.63, 3.8) is 0 Å². The maximum Gasteiger partial charge on any atom is 0.355 e. The average molecular weight is 358 g/mol. The van der Waals surface area contributed by atoms with Gasteiger partial charge in [-0.05, 0) is 53.5 Å². The third-order valence-corrected chi connectivity index (χ3v) is 3.71. The van der Waals surface area contributed by atoms with E-state index >= 15 is 0 Å². The molecule has 112 valence electrons. The van der Waals surface area contributed by atoms with Crippen LogP contribution in [-0.4, -0.2) is 17.1 Å². The van der Waals surface area contributed by atoms with Crippen LogP contribution in [0.4, 0.5) is 8.78 Å². The van der Waals surface area contributed by atoms with Crippen molar-refractivity contribution >= 4 is 21.9 Å². The lowest BCUT2D eigenvalue weighted by atomic mass is 10.2. The molecular formula is C15H14BrF2NO2. The van der Waals surface area contributed by atoms with Gasteiger partial charge in [0.1, 0.15) is 17.3 Å². The van der Waals surface area contributed by atoms with Crippen molar-refractivity contribution in [2.75, 3.05) is 6.61 Å². The zero-order chi connectivity index (χ0) is 15.6. The van der Waals surface area contributed by atoms with E-state index in [9.17, 15) is 13.6 Å². The molecule has 0 bridgehead atoms. The highest BCUT2D eigenvalue weighted by molar-refractivity contribution is 9.10. The molecule has 3 nitrogen and oxygen atoms in total. The first-order valence-corrected chi connectivity index (χ1v) is 7.20. The van der Waals surface area contributed by atoms with Crippen molar-refractivity contribution in [2.45, 2.75) is 20.4 Å². The van der Waals surface area contributed by atoms with Gasteiger partial charge < -0.3 is 9.30 Å². The Morgan fingerprint density at radius 2 is 2.05 bits per heavy atom. The number of rotatable bonds is 4. The van der Waals surface area contributed by atoms with E-state index < -0.39 is 17.6 Å². The lowest BCUT2D eigenvalue weighted by Gasteiger charge is -2.12. The van der Waals surface area contributed by atoms with Crippen LogP contribution in [0.3, 0.4) is 0 Å². The Morgan fingerprint density at radius 1 is 1.33 bits per heavy atom. The number of ether oxygens (including phenoxy) is 1. The molecule has 0 aliphatic rings. The van der Waals surface area contributed by atoms with E-state index in [1.807, 2.05) is 0 Å². The number of hydrogen-bond acceptors (Lipinski definition) is 2. The minimum Gasteiger partial charge on any atom is -0.461 e. The molecule has 0 radical (unpaired) electrons. The minimum atomic E-state index is -0.670. The predicted octanol–water partition coefficient (Wildman–Crippen LogP) is 4.06. The minimum absolute atomic E-state index is 0.0842. The Bertz CT molecular complexity index is 683. The first-order valence-electron chi connectivity index (χ1n) is 6.41. The molecule has 2 aromatic rings. The quantitative estimate of drug-likeness (QED) is 0.610. The monoisotopic (exact) mass is 357 g/mol. The number of carbonyl (C=O) groups is 1. The lowest BCUT2D eigenvalue weighted by Crippen LogP contribution is -2.15. The number of esters is 1. The molecule has 0 spiro atoms. The van der Waals surface area contributed by atoms with Crippen molar-refractivity contribution in [3.8, 4) is 0 Å². The summed E-state index contributed by atoms with van der Waals surface area (Å²) in [5.41, 5.74) is 0.894. The third-order valence-electron chi connectivity index (χ3n) is 3.10. The van der Waals surface area contributed by atoms with Crippen LogP contribution in [-0.2, 0) is 11.3 Å². The van der Waals surface area contributed by atoms with Gasteiger partial charge >= 0.3 is 5.97 Å². The van der Waals surface area contributed by atoms with Crippen LogP contribution in [0, 0.1) is 18.6 Å². The zero-order valence-electron chi connectivity index (χ0n) is 11.6. The van der Waals surface area contributed by atoms with Gasteiger partial charge in [-0.25, -0.2) is 13.6 Å². The van der Waals surface area contributed by atoms with Gasteiger partial charge in [0.2, 0.25) is 0 Å². The van der Waals surface area contributed by atoms with Gasteiger partial charge in [0.05, 0.1) is 17.6 Å². The van der Waals surface area contributed by atoms with Gasteiger partial charge in [0, 0.05) is 11.8 Å². The molecule has 6 heteroatoms. The Kier molecular flexibility index (Phi) is 4.77. The molecule has 0 atom stereocenters. The highest BCUT2D eigenvalue weighted by Crippen LogP contribution is 2.23. The van der Waals surface area contributed by atoms with Crippen LogP contribution in [0.5, 0.6) is 0 Å². The standard InChI is InChI=1S/C15H14BrF2NO2/c1-3-21-15(20)14-9(2)6-7-19(14)8-10-12(17)5-4-11(16)13(10)18/h4-7H,3,8H2,1-2H3. The van der Waals surface area contributed by atoms with E-state index in [4.69, 9.17) is 4.74 Å². The first-order chi connectivity index (χ1) is 9.95. The van der Waals surface area contributed by atoms with Gasteiger partial charge in [-0.15, -0.1) is 0 Å². The maximum atomic E-state index is 14.0. The van der Waals surface area contributed by atoms with Gasteiger partial charge in [-0.3, -0.25) is 0 Å².